The SMILES string of the molecule is CCC(=CCn1ccnc1CC)C(=O)O. The van der Waals surface area contributed by atoms with Crippen LogP contribution in [-0.4, -0.2) is 20.6 Å². The lowest BCUT2D eigenvalue weighted by atomic mass is 10.2. The van der Waals surface area contributed by atoms with Gasteiger partial charge in [0.15, 0.2) is 0 Å². The van der Waals surface area contributed by atoms with Crippen LogP contribution in [0.3, 0.4) is 0 Å². The molecule has 15 heavy (non-hydrogen) atoms. The predicted molar refractivity (Wildman–Crippen MR) is 57.6 cm³/mol. The quantitative estimate of drug-likeness (QED) is 0.751. The highest BCUT2D eigenvalue weighted by Crippen LogP contribution is 2.04. The Kier molecular flexibility index (Phi) is 4.09. The van der Waals surface area contributed by atoms with Crippen molar-refractivity contribution in [3.8, 4) is 0 Å². The van der Waals surface area contributed by atoms with Crippen LogP contribution in [0.1, 0.15) is 26.1 Å². The van der Waals surface area contributed by atoms with Gasteiger partial charge in [-0.05, 0) is 6.42 Å². The molecule has 0 aromatic carbocycles. The molecule has 0 bridgehead atoms. The third-order valence-corrected chi connectivity index (χ3v) is 2.31. The van der Waals surface area contributed by atoms with Gasteiger partial charge in [-0.25, -0.2) is 9.78 Å². The van der Waals surface area contributed by atoms with Gasteiger partial charge in [0.2, 0.25) is 0 Å². The number of hydrogen-bond acceptors (Lipinski definition) is 2. The van der Waals surface area contributed by atoms with Crippen LogP contribution < -0.4 is 0 Å². The van der Waals surface area contributed by atoms with Crippen molar-refractivity contribution in [1.82, 2.24) is 9.55 Å². The van der Waals surface area contributed by atoms with Crippen LogP contribution in [0.15, 0.2) is 24.0 Å². The van der Waals surface area contributed by atoms with Crippen LogP contribution in [-0.2, 0) is 17.8 Å². The predicted octanol–water partition coefficient (Wildman–Crippen LogP) is 1.87. The van der Waals surface area contributed by atoms with E-state index in [1.807, 2.05) is 24.6 Å². The lowest BCUT2D eigenvalue weighted by Crippen LogP contribution is -2.04. The fourth-order valence-electron chi connectivity index (χ4n) is 1.41. The number of hydrogen-bond donors (Lipinski definition) is 1. The Morgan fingerprint density at radius 3 is 2.87 bits per heavy atom. The van der Waals surface area contributed by atoms with E-state index >= 15 is 0 Å². The molecule has 0 saturated heterocycles. The average Bonchev–Trinajstić information content (AvgIpc) is 2.65. The molecule has 0 aliphatic rings. The highest BCUT2D eigenvalue weighted by atomic mass is 16.4. The Hall–Kier alpha value is -1.58. The number of aromatic nitrogens is 2. The van der Waals surface area contributed by atoms with Gasteiger partial charge < -0.3 is 9.67 Å². The van der Waals surface area contributed by atoms with Crippen LogP contribution in [0.2, 0.25) is 0 Å². The van der Waals surface area contributed by atoms with E-state index in [0.29, 0.717) is 18.5 Å². The maximum Gasteiger partial charge on any atom is 0.331 e. The minimum atomic E-state index is -0.837. The molecule has 0 radical (unpaired) electrons. The van der Waals surface area contributed by atoms with Crippen LogP contribution in [0, 0.1) is 0 Å². The van der Waals surface area contributed by atoms with Crippen molar-refractivity contribution in [3.63, 3.8) is 0 Å². The van der Waals surface area contributed by atoms with Crippen molar-refractivity contribution in [2.75, 3.05) is 0 Å². The molecule has 0 aliphatic heterocycles. The topological polar surface area (TPSA) is 55.1 Å². The minimum absolute atomic E-state index is 0.450. The normalized spacial score (nSPS) is 11.7. The van der Waals surface area contributed by atoms with Gasteiger partial charge in [-0.3, -0.25) is 0 Å². The molecule has 1 heterocycles. The summed E-state index contributed by atoms with van der Waals surface area (Å²) in [4.78, 5) is 14.9. The molecule has 4 nitrogen and oxygen atoms in total. The fourth-order valence-corrected chi connectivity index (χ4v) is 1.41. The molecule has 82 valence electrons. The molecule has 1 N–H and O–H groups in total. The van der Waals surface area contributed by atoms with Gasteiger partial charge in [0.25, 0.3) is 0 Å². The fraction of sp³-hybridized carbons (Fsp3) is 0.455. The first-order valence-corrected chi connectivity index (χ1v) is 5.11. The number of carbonyl (C=O) groups is 1. The van der Waals surface area contributed by atoms with E-state index in [1.165, 1.54) is 0 Å². The molecular formula is C11H16N2O2. The lowest BCUT2D eigenvalue weighted by Gasteiger charge is -2.03. The van der Waals surface area contributed by atoms with Gasteiger partial charge >= 0.3 is 5.97 Å². The van der Waals surface area contributed by atoms with Gasteiger partial charge in [0, 0.05) is 30.9 Å². The summed E-state index contributed by atoms with van der Waals surface area (Å²) in [5, 5.41) is 8.84. The zero-order valence-electron chi connectivity index (χ0n) is 9.10. The largest absolute Gasteiger partial charge is 0.478 e. The van der Waals surface area contributed by atoms with E-state index in [9.17, 15) is 4.79 Å². The Morgan fingerprint density at radius 1 is 1.60 bits per heavy atom. The molecule has 0 saturated carbocycles. The van der Waals surface area contributed by atoms with E-state index in [0.717, 1.165) is 12.2 Å². The second kappa shape index (κ2) is 5.34. The molecule has 0 spiro atoms. The van der Waals surface area contributed by atoms with Crippen molar-refractivity contribution in [2.45, 2.75) is 33.2 Å². The zero-order chi connectivity index (χ0) is 11.3. The van der Waals surface area contributed by atoms with Crippen molar-refractivity contribution < 1.29 is 9.90 Å². The number of carboxylic acid groups (broad SMARTS) is 1. The molecule has 0 fully saturated rings. The number of rotatable bonds is 5. The zero-order valence-corrected chi connectivity index (χ0v) is 9.10. The minimum Gasteiger partial charge on any atom is -0.478 e. The number of aryl methyl sites for hydroxylation is 1. The monoisotopic (exact) mass is 208 g/mol. The lowest BCUT2D eigenvalue weighted by molar-refractivity contribution is -0.132. The molecular weight excluding hydrogens is 192 g/mol. The number of nitrogens with zero attached hydrogens (tertiary/aromatic N) is 2. The third kappa shape index (κ3) is 2.94. The van der Waals surface area contributed by atoms with Crippen LogP contribution in [0.4, 0.5) is 0 Å². The van der Waals surface area contributed by atoms with Crippen molar-refractivity contribution in [1.29, 1.82) is 0 Å². The summed E-state index contributed by atoms with van der Waals surface area (Å²) in [6.45, 7) is 4.45. The average molecular weight is 208 g/mol. The second-order valence-corrected chi connectivity index (χ2v) is 3.24. The summed E-state index contributed by atoms with van der Waals surface area (Å²) in [6, 6.07) is 0. The molecule has 4 heteroatoms. The number of aliphatic carboxylic acids is 1. The Balaban J connectivity index is 2.74. The number of allylic oxidation sites excluding steroid dienone is 1. The molecule has 0 atom stereocenters. The van der Waals surface area contributed by atoms with Gasteiger partial charge in [-0.15, -0.1) is 0 Å². The van der Waals surface area contributed by atoms with E-state index < -0.39 is 5.97 Å². The Morgan fingerprint density at radius 2 is 2.33 bits per heavy atom. The molecule has 0 aliphatic carbocycles. The van der Waals surface area contributed by atoms with Crippen LogP contribution in [0.25, 0.3) is 0 Å². The molecule has 0 unspecified atom stereocenters. The Bertz CT molecular complexity index is 366. The molecule has 1 aromatic heterocycles. The number of carboxylic acids is 1. The third-order valence-electron chi connectivity index (χ3n) is 2.31. The van der Waals surface area contributed by atoms with Crippen molar-refractivity contribution in [2.24, 2.45) is 0 Å². The first-order valence-electron chi connectivity index (χ1n) is 5.11. The van der Waals surface area contributed by atoms with Crippen LogP contribution in [0.5, 0.6) is 0 Å². The first kappa shape index (κ1) is 11.5. The molecule has 1 aromatic rings. The second-order valence-electron chi connectivity index (χ2n) is 3.24. The maximum absolute atomic E-state index is 10.8. The van der Waals surface area contributed by atoms with Gasteiger partial charge in [-0.2, -0.15) is 0 Å². The summed E-state index contributed by atoms with van der Waals surface area (Å²) < 4.78 is 1.96. The van der Waals surface area contributed by atoms with E-state index in [4.69, 9.17) is 5.11 Å². The summed E-state index contributed by atoms with van der Waals surface area (Å²) in [7, 11) is 0. The van der Waals surface area contributed by atoms with Gasteiger partial charge in [0.05, 0.1) is 0 Å². The number of imidazole rings is 1. The summed E-state index contributed by atoms with van der Waals surface area (Å²) in [5.41, 5.74) is 0.450. The standard InChI is InChI=1S/C11H16N2O2/c1-3-9(11(14)15)5-7-13-8-6-12-10(13)4-2/h5-6,8H,3-4,7H2,1-2H3,(H,14,15). The van der Waals surface area contributed by atoms with E-state index in [2.05, 4.69) is 4.98 Å². The smallest absolute Gasteiger partial charge is 0.331 e. The first-order chi connectivity index (χ1) is 7.19. The maximum atomic E-state index is 10.8. The van der Waals surface area contributed by atoms with Gasteiger partial charge in [0.1, 0.15) is 5.82 Å². The Labute approximate surface area is 89.3 Å². The molecule has 0 amide bonds. The van der Waals surface area contributed by atoms with E-state index in [-0.39, 0.29) is 0 Å². The molecule has 1 rings (SSSR count). The van der Waals surface area contributed by atoms with Crippen molar-refractivity contribution in [3.05, 3.63) is 29.9 Å². The summed E-state index contributed by atoms with van der Waals surface area (Å²) in [5.74, 6) is 0.141. The summed E-state index contributed by atoms with van der Waals surface area (Å²) in [6.07, 6.45) is 6.74. The van der Waals surface area contributed by atoms with Crippen molar-refractivity contribution >= 4 is 5.97 Å². The summed E-state index contributed by atoms with van der Waals surface area (Å²) >= 11 is 0. The van der Waals surface area contributed by atoms with Crippen LogP contribution >= 0.6 is 0 Å². The van der Waals surface area contributed by atoms with Gasteiger partial charge in [-0.1, -0.05) is 19.9 Å². The highest BCUT2D eigenvalue weighted by molar-refractivity contribution is 5.86. The highest BCUT2D eigenvalue weighted by Gasteiger charge is 2.04. The van der Waals surface area contributed by atoms with E-state index in [1.54, 1.807) is 12.3 Å².